The smallest absolute Gasteiger partial charge is 0.393 e. The van der Waals surface area contributed by atoms with E-state index >= 15 is 0 Å². The van der Waals surface area contributed by atoms with Crippen molar-refractivity contribution < 1.29 is 18.3 Å². The van der Waals surface area contributed by atoms with E-state index in [1.165, 1.54) is 12.1 Å². The molecule has 0 aromatic heterocycles. The molecule has 0 saturated carbocycles. The lowest BCUT2D eigenvalue weighted by Gasteiger charge is -2.31. The number of alkyl halides is 3. The molecule has 1 heterocycles. The Kier molecular flexibility index (Phi) is 5.66. The van der Waals surface area contributed by atoms with E-state index in [9.17, 15) is 18.3 Å². The second kappa shape index (κ2) is 6.80. The maximum Gasteiger partial charge on any atom is 0.416 e. The normalized spacial score (nSPS) is 16.8. The summed E-state index contributed by atoms with van der Waals surface area (Å²) in [4.78, 5) is 1.99. The molecule has 19 heavy (non-hydrogen) atoms. The second-order valence-corrected chi connectivity index (χ2v) is 4.26. The molecule has 0 unspecified atom stereocenters. The van der Waals surface area contributed by atoms with Crippen molar-refractivity contribution in [2.75, 3.05) is 18.0 Å². The standard InChI is InChI=1S/C12H14F3NO.C2H6/c13-12(14,15)9-1-3-10(4-2-9)16-7-5-11(17)6-8-16;1-2/h1-4,11,17H,5-8H2;1-2H3. The van der Waals surface area contributed by atoms with E-state index in [0.717, 1.165) is 17.8 Å². The Labute approximate surface area is 111 Å². The molecule has 0 radical (unpaired) electrons. The minimum atomic E-state index is -4.28. The van der Waals surface area contributed by atoms with E-state index in [1.54, 1.807) is 0 Å². The second-order valence-electron chi connectivity index (χ2n) is 4.26. The molecule has 0 atom stereocenters. The van der Waals surface area contributed by atoms with Gasteiger partial charge in [-0.3, -0.25) is 0 Å². The van der Waals surface area contributed by atoms with E-state index in [1.807, 2.05) is 18.7 Å². The summed E-state index contributed by atoms with van der Waals surface area (Å²) in [5, 5.41) is 9.35. The zero-order chi connectivity index (χ0) is 14.5. The highest BCUT2D eigenvalue weighted by atomic mass is 19.4. The fourth-order valence-corrected chi connectivity index (χ4v) is 1.99. The fourth-order valence-electron chi connectivity index (χ4n) is 1.99. The molecule has 1 aromatic rings. The largest absolute Gasteiger partial charge is 0.416 e. The first-order valence-corrected chi connectivity index (χ1v) is 6.57. The van der Waals surface area contributed by atoms with Gasteiger partial charge in [-0.1, -0.05) is 13.8 Å². The maximum absolute atomic E-state index is 12.4. The van der Waals surface area contributed by atoms with Gasteiger partial charge in [0.15, 0.2) is 0 Å². The summed E-state index contributed by atoms with van der Waals surface area (Å²) in [6.45, 7) is 5.37. The number of rotatable bonds is 1. The van der Waals surface area contributed by atoms with Gasteiger partial charge in [0.05, 0.1) is 11.7 Å². The van der Waals surface area contributed by atoms with Crippen LogP contribution in [0.1, 0.15) is 32.3 Å². The van der Waals surface area contributed by atoms with Crippen molar-refractivity contribution >= 4 is 5.69 Å². The first-order valence-electron chi connectivity index (χ1n) is 6.57. The molecular weight excluding hydrogens is 255 g/mol. The zero-order valence-electron chi connectivity index (χ0n) is 11.2. The minimum absolute atomic E-state index is 0.277. The predicted molar refractivity (Wildman–Crippen MR) is 70.2 cm³/mol. The van der Waals surface area contributed by atoms with Crippen molar-refractivity contribution in [3.63, 3.8) is 0 Å². The first kappa shape index (κ1) is 15.8. The van der Waals surface area contributed by atoms with Crippen LogP contribution >= 0.6 is 0 Å². The van der Waals surface area contributed by atoms with Crippen LogP contribution in [0.2, 0.25) is 0 Å². The van der Waals surface area contributed by atoms with Gasteiger partial charge >= 0.3 is 6.18 Å². The van der Waals surface area contributed by atoms with Gasteiger partial charge in [-0.15, -0.1) is 0 Å². The van der Waals surface area contributed by atoms with Crippen molar-refractivity contribution in [3.05, 3.63) is 29.8 Å². The summed E-state index contributed by atoms with van der Waals surface area (Å²) in [5.74, 6) is 0. The molecule has 2 nitrogen and oxygen atoms in total. The number of aliphatic hydroxyl groups is 1. The quantitative estimate of drug-likeness (QED) is 0.845. The van der Waals surface area contributed by atoms with Crippen molar-refractivity contribution in [2.45, 2.75) is 39.0 Å². The minimum Gasteiger partial charge on any atom is -0.393 e. The van der Waals surface area contributed by atoms with Crippen molar-refractivity contribution in [3.8, 4) is 0 Å². The third kappa shape index (κ3) is 4.42. The number of aliphatic hydroxyl groups excluding tert-OH is 1. The van der Waals surface area contributed by atoms with Crippen molar-refractivity contribution in [2.24, 2.45) is 0 Å². The average Bonchev–Trinajstić information content (AvgIpc) is 2.41. The van der Waals surface area contributed by atoms with Gasteiger partial charge in [0.1, 0.15) is 0 Å². The van der Waals surface area contributed by atoms with E-state index in [2.05, 4.69) is 0 Å². The zero-order valence-corrected chi connectivity index (χ0v) is 11.2. The summed E-state index contributed by atoms with van der Waals surface area (Å²) in [5.41, 5.74) is 0.156. The third-order valence-electron chi connectivity index (χ3n) is 3.02. The van der Waals surface area contributed by atoms with Gasteiger partial charge in [0, 0.05) is 18.8 Å². The van der Waals surface area contributed by atoms with Crippen LogP contribution in [0.15, 0.2) is 24.3 Å². The Morgan fingerprint density at radius 2 is 1.53 bits per heavy atom. The average molecular weight is 275 g/mol. The van der Waals surface area contributed by atoms with E-state index in [-0.39, 0.29) is 6.10 Å². The van der Waals surface area contributed by atoms with Crippen molar-refractivity contribution in [1.82, 2.24) is 0 Å². The molecule has 1 N–H and O–H groups in total. The number of nitrogens with zero attached hydrogens (tertiary/aromatic N) is 1. The fraction of sp³-hybridized carbons (Fsp3) is 0.571. The molecule has 1 aromatic carbocycles. The maximum atomic E-state index is 12.4. The third-order valence-corrected chi connectivity index (χ3v) is 3.02. The van der Waals surface area contributed by atoms with Gasteiger partial charge in [-0.05, 0) is 37.1 Å². The van der Waals surface area contributed by atoms with Crippen LogP contribution in [0.25, 0.3) is 0 Å². The van der Waals surface area contributed by atoms with Gasteiger partial charge in [0.25, 0.3) is 0 Å². The summed E-state index contributed by atoms with van der Waals surface area (Å²) in [7, 11) is 0. The Hall–Kier alpha value is -1.23. The van der Waals surface area contributed by atoms with E-state index in [4.69, 9.17) is 0 Å². The lowest BCUT2D eigenvalue weighted by molar-refractivity contribution is -0.137. The van der Waals surface area contributed by atoms with Crippen LogP contribution < -0.4 is 4.90 Å². The summed E-state index contributed by atoms with van der Waals surface area (Å²) in [6, 6.07) is 5.17. The van der Waals surface area contributed by atoms with Crippen LogP contribution in [0.4, 0.5) is 18.9 Å². The molecule has 0 spiro atoms. The highest BCUT2D eigenvalue weighted by molar-refractivity contribution is 5.48. The molecule has 1 fully saturated rings. The highest BCUT2D eigenvalue weighted by Gasteiger charge is 2.30. The van der Waals surface area contributed by atoms with Crippen LogP contribution in [-0.4, -0.2) is 24.3 Å². The van der Waals surface area contributed by atoms with Crippen LogP contribution in [-0.2, 0) is 6.18 Å². The predicted octanol–water partition coefficient (Wildman–Crippen LogP) is 3.69. The lowest BCUT2D eigenvalue weighted by Crippen LogP contribution is -2.35. The van der Waals surface area contributed by atoms with Gasteiger partial charge in [-0.25, -0.2) is 0 Å². The lowest BCUT2D eigenvalue weighted by atomic mass is 10.1. The Bertz CT molecular complexity index is 367. The summed E-state index contributed by atoms with van der Waals surface area (Å²) in [6.07, 6.45) is -3.22. The van der Waals surface area contributed by atoms with Crippen LogP contribution in [0.5, 0.6) is 0 Å². The molecule has 0 bridgehead atoms. The topological polar surface area (TPSA) is 23.5 Å². The summed E-state index contributed by atoms with van der Waals surface area (Å²) < 4.78 is 37.1. The molecule has 1 aliphatic rings. The van der Waals surface area contributed by atoms with Crippen LogP contribution in [0, 0.1) is 0 Å². The van der Waals surface area contributed by atoms with Gasteiger partial charge in [-0.2, -0.15) is 13.2 Å². The number of benzene rings is 1. The van der Waals surface area contributed by atoms with E-state index in [0.29, 0.717) is 25.9 Å². The van der Waals surface area contributed by atoms with E-state index < -0.39 is 11.7 Å². The highest BCUT2D eigenvalue weighted by Crippen LogP contribution is 2.31. The molecule has 5 heteroatoms. The Balaban J connectivity index is 0.000000861. The number of hydrogen-bond donors (Lipinski definition) is 1. The molecule has 1 saturated heterocycles. The number of piperidine rings is 1. The Morgan fingerprint density at radius 1 is 1.05 bits per heavy atom. The summed E-state index contributed by atoms with van der Waals surface area (Å²) >= 11 is 0. The van der Waals surface area contributed by atoms with Gasteiger partial charge in [0.2, 0.25) is 0 Å². The van der Waals surface area contributed by atoms with Crippen LogP contribution in [0.3, 0.4) is 0 Å². The van der Waals surface area contributed by atoms with Gasteiger partial charge < -0.3 is 10.0 Å². The molecular formula is C14H20F3NO. The SMILES string of the molecule is CC.OC1CCN(c2ccc(C(F)(F)F)cc2)CC1. The monoisotopic (exact) mass is 275 g/mol. The molecule has 2 rings (SSSR count). The molecule has 1 aliphatic heterocycles. The number of anilines is 1. The molecule has 108 valence electrons. The first-order chi connectivity index (χ1) is 8.97. The molecule has 0 amide bonds. The number of hydrogen-bond acceptors (Lipinski definition) is 2. The number of halogens is 3. The Morgan fingerprint density at radius 3 is 1.95 bits per heavy atom. The van der Waals surface area contributed by atoms with Crippen molar-refractivity contribution in [1.29, 1.82) is 0 Å². The molecule has 0 aliphatic carbocycles.